The van der Waals surface area contributed by atoms with E-state index in [9.17, 15) is 29.5 Å². The number of ether oxygens (including phenoxy) is 2. The number of nitrogens with one attached hydrogen (secondary N) is 1. The van der Waals surface area contributed by atoms with E-state index in [0.717, 1.165) is 21.0 Å². The van der Waals surface area contributed by atoms with Gasteiger partial charge in [0.15, 0.2) is 11.5 Å². The third-order valence-corrected chi connectivity index (χ3v) is 11.9. The van der Waals surface area contributed by atoms with Gasteiger partial charge in [0.05, 0.1) is 48.8 Å². The molecule has 13 heteroatoms. The number of amides is 4. The number of allylic oxidation sites excluding steroid dienone is 3. The summed E-state index contributed by atoms with van der Waals surface area (Å²) < 4.78 is 10.8. The van der Waals surface area contributed by atoms with Gasteiger partial charge in [-0.15, -0.1) is 0 Å². The quantitative estimate of drug-likeness (QED) is 0.111. The molecule has 4 aromatic rings. The second kappa shape index (κ2) is 14.2. The van der Waals surface area contributed by atoms with Crippen molar-refractivity contribution in [1.29, 1.82) is 0 Å². The third kappa shape index (κ3) is 5.68. The number of hydrogen-bond acceptors (Lipinski definition) is 10. The Morgan fingerprint density at radius 3 is 2.20 bits per heavy atom. The van der Waals surface area contributed by atoms with Crippen LogP contribution in [-0.4, -0.2) is 65.1 Å². The summed E-state index contributed by atoms with van der Waals surface area (Å²) in [7, 11) is 1.05. The topological polar surface area (TPSA) is 166 Å². The molecule has 1 saturated carbocycles. The fourth-order valence-corrected chi connectivity index (χ4v) is 9.29. The lowest BCUT2D eigenvalue weighted by Gasteiger charge is -2.49. The van der Waals surface area contributed by atoms with E-state index in [-0.39, 0.29) is 41.2 Å². The summed E-state index contributed by atoms with van der Waals surface area (Å²) in [6.07, 6.45) is 5.95. The van der Waals surface area contributed by atoms with Gasteiger partial charge in [-0.25, -0.2) is 0 Å². The van der Waals surface area contributed by atoms with Gasteiger partial charge < -0.3 is 24.6 Å². The van der Waals surface area contributed by atoms with Crippen LogP contribution in [0.1, 0.15) is 29.5 Å². The molecular weight excluding hydrogens is 713 g/mol. The van der Waals surface area contributed by atoms with Crippen molar-refractivity contribution < 1.29 is 43.8 Å². The molecule has 2 aliphatic carbocycles. The van der Waals surface area contributed by atoms with Crippen LogP contribution in [0.25, 0.3) is 6.08 Å². The van der Waals surface area contributed by atoms with E-state index in [2.05, 4.69) is 5.43 Å². The number of aryl methyl sites for hydroxylation is 1. The van der Waals surface area contributed by atoms with Gasteiger partial charge in [-0.2, -0.15) is 5.01 Å². The number of fused-ring (bicyclic) bond motifs is 4. The van der Waals surface area contributed by atoms with Gasteiger partial charge in [-0.1, -0.05) is 84.0 Å². The molecule has 56 heavy (non-hydrogen) atoms. The molecule has 0 radical (unpaired) electrons. The predicted octanol–water partition coefficient (Wildman–Crippen LogP) is 4.13. The Hall–Kier alpha value is -6.18. The van der Waals surface area contributed by atoms with E-state index in [4.69, 9.17) is 9.47 Å². The monoisotopic (exact) mass is 753 g/mol. The zero-order valence-electron chi connectivity index (χ0n) is 31.0. The Balaban J connectivity index is 1.29. The number of rotatable bonds is 9. The fraction of sp³-hybridized carbons (Fsp3) is 0.256. The minimum absolute atomic E-state index is 0.117. The molecule has 6 unspecified atom stereocenters. The number of carbonyl (C=O) groups excluding carboxylic acids is 4. The van der Waals surface area contributed by atoms with E-state index < -0.39 is 65.8 Å². The highest BCUT2D eigenvalue weighted by Crippen LogP contribution is 2.61. The van der Waals surface area contributed by atoms with E-state index in [1.54, 1.807) is 42.5 Å². The largest absolute Gasteiger partial charge is 0.502 e. The molecule has 4 aliphatic rings. The standard InChI is InChI=1S/C43H40BN3O9/c1-24-12-15-28(16-13-24)45-47-40(50)34-23-32-30(17-18-31-37(32)41(51)46(39(31)49)29-11-7-10-27(22-29)44(53)54)33(43(34,42(47)52)26-8-5-4-6-9-26)19-14-25-20-35(55-2)38(48)36(21-25)56-3/h4-17,19-22,31-34,37,45,48,53-54H,18,23H2,1-3H3. The van der Waals surface area contributed by atoms with Crippen LogP contribution in [0.5, 0.6) is 17.2 Å². The smallest absolute Gasteiger partial charge is 0.488 e. The Labute approximate surface area is 323 Å². The zero-order chi connectivity index (χ0) is 39.5. The van der Waals surface area contributed by atoms with Gasteiger partial charge in [0.2, 0.25) is 17.6 Å². The molecular formula is C43H40BN3O9. The number of nitrogens with zero attached hydrogens (tertiary/aromatic N) is 2. The molecule has 2 aliphatic heterocycles. The Kier molecular flexibility index (Phi) is 9.30. The summed E-state index contributed by atoms with van der Waals surface area (Å²) in [5.74, 6) is -5.47. The number of aromatic hydroxyl groups is 1. The van der Waals surface area contributed by atoms with Crippen LogP contribution in [0.4, 0.5) is 11.4 Å². The molecule has 0 spiro atoms. The normalized spacial score (nSPS) is 25.5. The first-order valence-corrected chi connectivity index (χ1v) is 18.4. The lowest BCUT2D eigenvalue weighted by molar-refractivity contribution is -0.139. The molecule has 3 fully saturated rings. The summed E-state index contributed by atoms with van der Waals surface area (Å²) in [4.78, 5) is 59.9. The Morgan fingerprint density at radius 2 is 1.54 bits per heavy atom. The number of hydrazine groups is 1. The first-order valence-electron chi connectivity index (χ1n) is 18.4. The van der Waals surface area contributed by atoms with Crippen molar-refractivity contribution in [2.24, 2.45) is 29.6 Å². The highest BCUT2D eigenvalue weighted by molar-refractivity contribution is 6.58. The minimum Gasteiger partial charge on any atom is -0.502 e. The second-order valence-corrected chi connectivity index (χ2v) is 14.7. The van der Waals surface area contributed by atoms with E-state index >= 15 is 4.79 Å². The van der Waals surface area contributed by atoms with Gasteiger partial charge >= 0.3 is 7.12 Å². The molecule has 4 N–H and O–H groups in total. The summed E-state index contributed by atoms with van der Waals surface area (Å²) in [6.45, 7) is 1.94. The van der Waals surface area contributed by atoms with Crippen molar-refractivity contribution in [2.75, 3.05) is 24.5 Å². The SMILES string of the molecule is COc1cc(C=CC2C3=CCC4C(=O)N(c5cccc(B(O)O)c5)C(=O)C4C3CC3C(=O)N(Nc4ccc(C)cc4)C(=O)C23c2ccccc2)cc(OC)c1O. The maximum atomic E-state index is 15.3. The first kappa shape index (κ1) is 36.8. The average molecular weight is 754 g/mol. The molecule has 0 aromatic heterocycles. The molecule has 8 rings (SSSR count). The van der Waals surface area contributed by atoms with Crippen LogP contribution in [-0.2, 0) is 24.6 Å². The third-order valence-electron chi connectivity index (χ3n) is 11.9. The zero-order valence-corrected chi connectivity index (χ0v) is 31.0. The van der Waals surface area contributed by atoms with Crippen molar-refractivity contribution in [3.05, 3.63) is 125 Å². The molecule has 284 valence electrons. The number of phenolic OH excluding ortho intramolecular Hbond substituents is 1. The number of benzene rings is 4. The van der Waals surface area contributed by atoms with Gasteiger partial charge in [0.25, 0.3) is 11.8 Å². The highest BCUT2D eigenvalue weighted by atomic mass is 16.5. The van der Waals surface area contributed by atoms with Crippen molar-refractivity contribution in [3.8, 4) is 17.2 Å². The maximum Gasteiger partial charge on any atom is 0.488 e. The number of imide groups is 2. The van der Waals surface area contributed by atoms with Crippen molar-refractivity contribution in [3.63, 3.8) is 0 Å². The lowest BCUT2D eigenvalue weighted by Crippen LogP contribution is -2.54. The average Bonchev–Trinajstić information content (AvgIpc) is 3.59. The second-order valence-electron chi connectivity index (χ2n) is 14.7. The van der Waals surface area contributed by atoms with Crippen molar-refractivity contribution >= 4 is 53.7 Å². The maximum absolute atomic E-state index is 15.3. The highest BCUT2D eigenvalue weighted by Gasteiger charge is 2.69. The van der Waals surface area contributed by atoms with Gasteiger partial charge in [0, 0.05) is 5.92 Å². The van der Waals surface area contributed by atoms with Crippen LogP contribution < -0.4 is 25.3 Å². The van der Waals surface area contributed by atoms with Crippen molar-refractivity contribution in [2.45, 2.75) is 25.2 Å². The van der Waals surface area contributed by atoms with Gasteiger partial charge in [-0.3, -0.25) is 29.5 Å². The van der Waals surface area contributed by atoms with E-state index in [1.807, 2.05) is 61.5 Å². The van der Waals surface area contributed by atoms with E-state index in [0.29, 0.717) is 16.8 Å². The van der Waals surface area contributed by atoms with E-state index in [1.165, 1.54) is 26.4 Å². The van der Waals surface area contributed by atoms with Crippen LogP contribution in [0.3, 0.4) is 0 Å². The van der Waals surface area contributed by atoms with Crippen LogP contribution in [0.2, 0.25) is 0 Å². The van der Waals surface area contributed by atoms with Crippen LogP contribution in [0, 0.1) is 36.5 Å². The Bertz CT molecular complexity index is 2290. The minimum atomic E-state index is -1.80. The number of phenols is 1. The molecule has 0 bridgehead atoms. The number of carbonyl (C=O) groups is 4. The molecule has 2 heterocycles. The Morgan fingerprint density at radius 1 is 0.839 bits per heavy atom. The molecule has 4 aromatic carbocycles. The van der Waals surface area contributed by atoms with Crippen molar-refractivity contribution in [1.82, 2.24) is 5.01 Å². The summed E-state index contributed by atoms with van der Waals surface area (Å²) >= 11 is 0. The lowest BCUT2D eigenvalue weighted by atomic mass is 9.50. The summed E-state index contributed by atoms with van der Waals surface area (Å²) in [5, 5.41) is 31.4. The first-order chi connectivity index (χ1) is 27.0. The summed E-state index contributed by atoms with van der Waals surface area (Å²) in [5.41, 5.74) is 5.53. The fourth-order valence-electron chi connectivity index (χ4n) is 9.29. The number of anilines is 2. The predicted molar refractivity (Wildman–Crippen MR) is 209 cm³/mol. The molecule has 2 saturated heterocycles. The van der Waals surface area contributed by atoms with Crippen LogP contribution >= 0.6 is 0 Å². The molecule has 12 nitrogen and oxygen atoms in total. The number of hydrogen-bond donors (Lipinski definition) is 4. The van der Waals surface area contributed by atoms with Crippen LogP contribution in [0.15, 0.2) is 109 Å². The summed E-state index contributed by atoms with van der Waals surface area (Å²) in [6, 6.07) is 25.9. The molecule has 6 atom stereocenters. The number of methoxy groups -OCH3 is 2. The molecule has 4 amide bonds. The van der Waals surface area contributed by atoms with Gasteiger partial charge in [0.1, 0.15) is 0 Å². The van der Waals surface area contributed by atoms with Gasteiger partial charge in [-0.05, 0) is 78.7 Å².